The van der Waals surface area contributed by atoms with E-state index in [1.807, 2.05) is 0 Å². The quantitative estimate of drug-likeness (QED) is 0.713. The molecule has 1 N–H and O–H groups in total. The SMILES string of the molecule is COCCCCCNC1CCC(C(F)(F)F)CC1. The third kappa shape index (κ3) is 6.05. The number of unbranched alkanes of at least 4 members (excludes halogenated alkanes) is 2. The van der Waals surface area contributed by atoms with E-state index in [2.05, 4.69) is 5.32 Å². The molecule has 2 nitrogen and oxygen atoms in total. The highest BCUT2D eigenvalue weighted by atomic mass is 19.4. The molecule has 0 aliphatic heterocycles. The van der Waals surface area contributed by atoms with Crippen molar-refractivity contribution >= 4 is 0 Å². The lowest BCUT2D eigenvalue weighted by Gasteiger charge is -2.30. The van der Waals surface area contributed by atoms with E-state index in [0.717, 1.165) is 32.4 Å². The van der Waals surface area contributed by atoms with Gasteiger partial charge in [0, 0.05) is 19.8 Å². The summed E-state index contributed by atoms with van der Waals surface area (Å²) < 4.78 is 42.3. The average Bonchev–Trinajstić information content (AvgIpc) is 2.33. The first-order valence-corrected chi connectivity index (χ1v) is 6.83. The van der Waals surface area contributed by atoms with Crippen molar-refractivity contribution in [2.24, 2.45) is 5.92 Å². The van der Waals surface area contributed by atoms with Crippen molar-refractivity contribution < 1.29 is 17.9 Å². The van der Waals surface area contributed by atoms with Crippen LogP contribution in [0.2, 0.25) is 0 Å². The fraction of sp³-hybridized carbons (Fsp3) is 1.00. The first-order valence-electron chi connectivity index (χ1n) is 6.83. The molecule has 0 aromatic rings. The van der Waals surface area contributed by atoms with E-state index in [4.69, 9.17) is 4.74 Å². The maximum atomic E-state index is 12.5. The molecule has 0 saturated heterocycles. The number of hydrogen-bond donors (Lipinski definition) is 1. The molecule has 18 heavy (non-hydrogen) atoms. The molecular weight excluding hydrogens is 243 g/mol. The zero-order chi connectivity index (χ0) is 13.4. The van der Waals surface area contributed by atoms with Gasteiger partial charge in [-0.1, -0.05) is 0 Å². The van der Waals surface area contributed by atoms with E-state index in [9.17, 15) is 13.2 Å². The first kappa shape index (κ1) is 15.8. The van der Waals surface area contributed by atoms with Crippen molar-refractivity contribution in [3.63, 3.8) is 0 Å². The van der Waals surface area contributed by atoms with Crippen LogP contribution >= 0.6 is 0 Å². The van der Waals surface area contributed by atoms with Crippen LogP contribution in [0.4, 0.5) is 13.2 Å². The number of rotatable bonds is 7. The van der Waals surface area contributed by atoms with Crippen LogP contribution in [-0.2, 0) is 4.74 Å². The van der Waals surface area contributed by atoms with E-state index >= 15 is 0 Å². The summed E-state index contributed by atoms with van der Waals surface area (Å²) in [5.41, 5.74) is 0. The third-order valence-corrected chi connectivity index (χ3v) is 3.65. The molecule has 0 heterocycles. The van der Waals surface area contributed by atoms with Crippen LogP contribution in [0.25, 0.3) is 0 Å². The molecule has 0 aromatic carbocycles. The van der Waals surface area contributed by atoms with Gasteiger partial charge in [-0.05, 0) is 51.5 Å². The summed E-state index contributed by atoms with van der Waals surface area (Å²) in [5, 5.41) is 3.36. The Kier molecular flexibility index (Phi) is 7.00. The Bertz CT molecular complexity index is 213. The van der Waals surface area contributed by atoms with Crippen LogP contribution in [-0.4, -0.2) is 32.5 Å². The molecule has 5 heteroatoms. The minimum Gasteiger partial charge on any atom is -0.385 e. The van der Waals surface area contributed by atoms with E-state index in [0.29, 0.717) is 12.8 Å². The summed E-state index contributed by atoms with van der Waals surface area (Å²) in [5.74, 6) is -1.07. The van der Waals surface area contributed by atoms with E-state index in [1.165, 1.54) is 0 Å². The number of methoxy groups -OCH3 is 1. The number of nitrogens with one attached hydrogen (secondary N) is 1. The van der Waals surface area contributed by atoms with E-state index < -0.39 is 12.1 Å². The van der Waals surface area contributed by atoms with Crippen molar-refractivity contribution in [3.8, 4) is 0 Å². The summed E-state index contributed by atoms with van der Waals surface area (Å²) in [4.78, 5) is 0. The molecule has 1 aliphatic rings. The normalized spacial score (nSPS) is 25.3. The van der Waals surface area contributed by atoms with Crippen LogP contribution in [0.15, 0.2) is 0 Å². The van der Waals surface area contributed by atoms with Crippen LogP contribution in [0.1, 0.15) is 44.9 Å². The Morgan fingerprint density at radius 1 is 1.06 bits per heavy atom. The molecule has 0 spiro atoms. The highest BCUT2D eigenvalue weighted by molar-refractivity contribution is 4.80. The summed E-state index contributed by atoms with van der Waals surface area (Å²) in [6, 6.07) is 0.283. The lowest BCUT2D eigenvalue weighted by Crippen LogP contribution is -2.37. The Balaban J connectivity index is 2.02. The first-order chi connectivity index (χ1) is 8.54. The highest BCUT2D eigenvalue weighted by Crippen LogP contribution is 2.37. The molecule has 1 saturated carbocycles. The predicted octanol–water partition coefficient (Wildman–Crippen LogP) is 3.51. The standard InChI is InChI=1S/C13H24F3NO/c1-18-10-4-2-3-9-17-12-7-5-11(6-8-12)13(14,15)16/h11-12,17H,2-10H2,1H3. The zero-order valence-electron chi connectivity index (χ0n) is 11.1. The molecule has 0 atom stereocenters. The second kappa shape index (κ2) is 8.00. The largest absolute Gasteiger partial charge is 0.391 e. The Morgan fingerprint density at radius 3 is 2.28 bits per heavy atom. The van der Waals surface area contributed by atoms with Gasteiger partial charge in [0.2, 0.25) is 0 Å². The third-order valence-electron chi connectivity index (χ3n) is 3.65. The summed E-state index contributed by atoms with van der Waals surface area (Å²) in [6.07, 6.45) is 1.12. The van der Waals surface area contributed by atoms with Crippen LogP contribution < -0.4 is 5.32 Å². The molecule has 0 radical (unpaired) electrons. The summed E-state index contributed by atoms with van der Waals surface area (Å²) in [7, 11) is 1.69. The van der Waals surface area contributed by atoms with Crippen molar-refractivity contribution in [1.29, 1.82) is 0 Å². The number of alkyl halides is 3. The molecule has 1 rings (SSSR count). The van der Waals surface area contributed by atoms with E-state index in [-0.39, 0.29) is 18.9 Å². The predicted molar refractivity (Wildman–Crippen MR) is 65.5 cm³/mol. The molecule has 0 bridgehead atoms. The fourth-order valence-electron chi connectivity index (χ4n) is 2.48. The topological polar surface area (TPSA) is 21.3 Å². The van der Waals surface area contributed by atoms with Gasteiger partial charge in [0.1, 0.15) is 0 Å². The molecule has 1 fully saturated rings. The van der Waals surface area contributed by atoms with Gasteiger partial charge in [-0.15, -0.1) is 0 Å². The average molecular weight is 267 g/mol. The maximum Gasteiger partial charge on any atom is 0.391 e. The van der Waals surface area contributed by atoms with Gasteiger partial charge in [-0.25, -0.2) is 0 Å². The van der Waals surface area contributed by atoms with Crippen molar-refractivity contribution in [2.45, 2.75) is 57.2 Å². The van der Waals surface area contributed by atoms with Gasteiger partial charge in [0.25, 0.3) is 0 Å². The van der Waals surface area contributed by atoms with Crippen molar-refractivity contribution in [2.75, 3.05) is 20.3 Å². The van der Waals surface area contributed by atoms with Gasteiger partial charge in [0.15, 0.2) is 0 Å². The van der Waals surface area contributed by atoms with Crippen molar-refractivity contribution in [3.05, 3.63) is 0 Å². The molecule has 0 amide bonds. The molecule has 0 aromatic heterocycles. The lowest BCUT2D eigenvalue weighted by atomic mass is 9.85. The van der Waals surface area contributed by atoms with Gasteiger partial charge >= 0.3 is 6.18 Å². The van der Waals surface area contributed by atoms with Crippen LogP contribution in [0.5, 0.6) is 0 Å². The molecular formula is C13H24F3NO. The van der Waals surface area contributed by atoms with E-state index in [1.54, 1.807) is 7.11 Å². The zero-order valence-corrected chi connectivity index (χ0v) is 11.1. The number of ether oxygens (including phenoxy) is 1. The molecule has 0 unspecified atom stereocenters. The molecule has 1 aliphatic carbocycles. The lowest BCUT2D eigenvalue weighted by molar-refractivity contribution is -0.182. The smallest absolute Gasteiger partial charge is 0.385 e. The van der Waals surface area contributed by atoms with Crippen LogP contribution in [0, 0.1) is 5.92 Å². The minimum atomic E-state index is -3.99. The highest BCUT2D eigenvalue weighted by Gasteiger charge is 2.41. The maximum absolute atomic E-state index is 12.5. The monoisotopic (exact) mass is 267 g/mol. The summed E-state index contributed by atoms with van der Waals surface area (Å²) >= 11 is 0. The molecule has 108 valence electrons. The van der Waals surface area contributed by atoms with Crippen molar-refractivity contribution in [1.82, 2.24) is 5.32 Å². The van der Waals surface area contributed by atoms with Crippen LogP contribution in [0.3, 0.4) is 0 Å². The second-order valence-corrected chi connectivity index (χ2v) is 5.10. The van der Waals surface area contributed by atoms with Gasteiger partial charge in [-0.2, -0.15) is 13.2 Å². The van der Waals surface area contributed by atoms with Gasteiger partial charge in [-0.3, -0.25) is 0 Å². The van der Waals surface area contributed by atoms with Gasteiger partial charge < -0.3 is 10.1 Å². The minimum absolute atomic E-state index is 0.283. The Hall–Kier alpha value is -0.290. The summed E-state index contributed by atoms with van der Waals surface area (Å²) in [6.45, 7) is 1.70. The Labute approximate surface area is 107 Å². The number of hydrogen-bond acceptors (Lipinski definition) is 2. The van der Waals surface area contributed by atoms with Gasteiger partial charge in [0.05, 0.1) is 5.92 Å². The Morgan fingerprint density at radius 2 is 1.72 bits per heavy atom. The fourth-order valence-corrected chi connectivity index (χ4v) is 2.48. The second-order valence-electron chi connectivity index (χ2n) is 5.10. The number of halogens is 3.